The summed E-state index contributed by atoms with van der Waals surface area (Å²) in [5, 5.41) is 18.9. The van der Waals surface area contributed by atoms with Gasteiger partial charge in [-0.25, -0.2) is 14.8 Å². The number of anilines is 1. The molecule has 1 saturated heterocycles. The number of rotatable bonds is 10. The number of benzene rings is 1. The van der Waals surface area contributed by atoms with Gasteiger partial charge in [0.25, 0.3) is 0 Å². The third kappa shape index (κ3) is 5.30. The van der Waals surface area contributed by atoms with Gasteiger partial charge in [-0.2, -0.15) is 5.26 Å². The second kappa shape index (κ2) is 11.0. The van der Waals surface area contributed by atoms with Crippen LogP contribution in [-0.2, 0) is 13.2 Å². The van der Waals surface area contributed by atoms with Gasteiger partial charge in [-0.05, 0) is 68.4 Å². The van der Waals surface area contributed by atoms with E-state index in [0.29, 0.717) is 30.3 Å². The molecule has 4 aromatic rings. The van der Waals surface area contributed by atoms with Gasteiger partial charge in [-0.15, -0.1) is 11.3 Å². The molecule has 7 rings (SSSR count). The van der Waals surface area contributed by atoms with E-state index in [1.165, 1.54) is 16.9 Å². The molecule has 0 radical (unpaired) electrons. The molecular formula is C34H35N5O4S. The Labute approximate surface area is 260 Å². The van der Waals surface area contributed by atoms with E-state index in [2.05, 4.69) is 33.7 Å². The highest BCUT2D eigenvalue weighted by Gasteiger charge is 2.47. The van der Waals surface area contributed by atoms with Crippen LogP contribution in [0.2, 0.25) is 0 Å². The fourth-order valence-corrected chi connectivity index (χ4v) is 7.51. The zero-order valence-electron chi connectivity index (χ0n) is 25.0. The molecule has 10 heteroatoms. The minimum Gasteiger partial charge on any atom is -0.496 e. The third-order valence-electron chi connectivity index (χ3n) is 9.45. The molecule has 44 heavy (non-hydrogen) atoms. The van der Waals surface area contributed by atoms with E-state index in [1.807, 2.05) is 31.2 Å². The molecule has 3 aliphatic rings. The van der Waals surface area contributed by atoms with Gasteiger partial charge >= 0.3 is 5.97 Å². The number of allylic oxidation sites excluding steroid dienone is 2. The zero-order chi connectivity index (χ0) is 30.5. The van der Waals surface area contributed by atoms with Crippen molar-refractivity contribution in [3.8, 4) is 17.7 Å². The van der Waals surface area contributed by atoms with Crippen molar-refractivity contribution in [2.45, 2.75) is 58.6 Å². The molecule has 0 amide bonds. The van der Waals surface area contributed by atoms with Gasteiger partial charge in [0.2, 0.25) is 11.8 Å². The van der Waals surface area contributed by atoms with Crippen LogP contribution >= 0.6 is 11.3 Å². The van der Waals surface area contributed by atoms with E-state index in [1.54, 1.807) is 13.2 Å². The van der Waals surface area contributed by atoms with Gasteiger partial charge in [0.15, 0.2) is 0 Å². The summed E-state index contributed by atoms with van der Waals surface area (Å²) in [5.41, 5.74) is 5.38. The molecule has 1 aromatic carbocycles. The van der Waals surface area contributed by atoms with Crippen LogP contribution in [0, 0.1) is 29.1 Å². The lowest BCUT2D eigenvalue weighted by atomic mass is 9.69. The minimum absolute atomic E-state index is 0.0229. The summed E-state index contributed by atoms with van der Waals surface area (Å²) in [5.74, 6) is 1.40. The quantitative estimate of drug-likeness (QED) is 0.208. The zero-order valence-corrected chi connectivity index (χ0v) is 25.8. The molecule has 4 heterocycles. The number of aryl methyl sites for hydroxylation is 1. The molecule has 1 spiro atoms. The van der Waals surface area contributed by atoms with Crippen LogP contribution in [0.3, 0.4) is 0 Å². The number of hydrogen-bond acceptors (Lipinski definition) is 8. The molecule has 0 bridgehead atoms. The van der Waals surface area contributed by atoms with Gasteiger partial charge in [0.05, 0.1) is 24.4 Å². The Kier molecular flexibility index (Phi) is 7.08. The number of aromatic carboxylic acids is 1. The number of pyridine rings is 1. The Balaban J connectivity index is 1.04. The number of fused-ring (bicyclic) bond motifs is 1. The predicted molar refractivity (Wildman–Crippen MR) is 169 cm³/mol. The summed E-state index contributed by atoms with van der Waals surface area (Å²) in [7, 11) is 1.68. The van der Waals surface area contributed by atoms with Crippen molar-refractivity contribution in [1.29, 1.82) is 5.26 Å². The van der Waals surface area contributed by atoms with Crippen molar-refractivity contribution in [3.05, 3.63) is 70.2 Å². The number of thiophene rings is 1. The molecule has 2 fully saturated rings. The van der Waals surface area contributed by atoms with E-state index in [4.69, 9.17) is 19.4 Å². The number of carboxylic acid groups (broad SMARTS) is 1. The van der Waals surface area contributed by atoms with Crippen LogP contribution in [0.4, 0.5) is 5.95 Å². The predicted octanol–water partition coefficient (Wildman–Crippen LogP) is 6.85. The summed E-state index contributed by atoms with van der Waals surface area (Å²) < 4.78 is 13.8. The highest BCUT2D eigenvalue weighted by molar-refractivity contribution is 7.20. The first-order valence-corrected chi connectivity index (χ1v) is 15.9. The number of carbonyl (C=O) groups is 1. The minimum atomic E-state index is -0.926. The fraction of sp³-hybridized carbons (Fsp3) is 0.412. The molecule has 226 valence electrons. The first kappa shape index (κ1) is 28.4. The molecular weight excluding hydrogens is 574 g/mol. The molecule has 3 aromatic heterocycles. The van der Waals surface area contributed by atoms with Crippen LogP contribution in [0.25, 0.3) is 15.9 Å². The smallest absolute Gasteiger partial charge is 0.346 e. The standard InChI is InChI=1S/C34H35N5O4S/c1-22-6-7-24(27(16-22)42-2)18-43-29-5-3-4-25(36-29)23-8-10-34(11-9-23)19-38(20-34)32-37-30-26(17-28(44-30)31(40)41)39(32)21-33(12-13-33)14-15-35/h3-8,16-17H,9-14,18-21H2,1-2H3,(H,40,41). The van der Waals surface area contributed by atoms with Crippen molar-refractivity contribution in [2.24, 2.45) is 10.8 Å². The molecule has 2 aliphatic carbocycles. The van der Waals surface area contributed by atoms with Crippen molar-refractivity contribution >= 4 is 39.2 Å². The summed E-state index contributed by atoms with van der Waals surface area (Å²) in [6, 6.07) is 16.1. The second-order valence-corrected chi connectivity index (χ2v) is 13.7. The van der Waals surface area contributed by atoms with Crippen molar-refractivity contribution in [3.63, 3.8) is 0 Å². The molecule has 0 atom stereocenters. The highest BCUT2D eigenvalue weighted by atomic mass is 32.1. The van der Waals surface area contributed by atoms with E-state index < -0.39 is 5.97 Å². The first-order valence-electron chi connectivity index (χ1n) is 15.1. The average molecular weight is 610 g/mol. The largest absolute Gasteiger partial charge is 0.496 e. The van der Waals surface area contributed by atoms with E-state index in [0.717, 1.165) is 84.1 Å². The number of aromatic nitrogens is 3. The SMILES string of the molecule is COc1cc(C)ccc1COc1cccc(C2=CCC3(CC2)CN(c2nc4sc(C(=O)O)cc4n2CC2(CC#N)CC2)C3)n1. The Hall–Kier alpha value is -4.36. The maximum atomic E-state index is 11.6. The molecule has 1 N–H and O–H groups in total. The summed E-state index contributed by atoms with van der Waals surface area (Å²) in [4.78, 5) is 24.8. The van der Waals surface area contributed by atoms with E-state index in [-0.39, 0.29) is 10.8 Å². The summed E-state index contributed by atoms with van der Waals surface area (Å²) in [6.45, 7) is 4.95. The third-order valence-corrected chi connectivity index (χ3v) is 10.5. The first-order chi connectivity index (χ1) is 21.3. The van der Waals surface area contributed by atoms with Crippen LogP contribution in [0.5, 0.6) is 11.6 Å². The summed E-state index contributed by atoms with van der Waals surface area (Å²) in [6.07, 6.45) is 7.89. The highest BCUT2D eigenvalue weighted by Crippen LogP contribution is 2.52. The van der Waals surface area contributed by atoms with Crippen LogP contribution < -0.4 is 14.4 Å². The number of nitrogens with zero attached hydrogens (tertiary/aromatic N) is 5. The van der Waals surface area contributed by atoms with E-state index in [9.17, 15) is 15.2 Å². The number of methoxy groups -OCH3 is 1. The molecule has 0 unspecified atom stereocenters. The van der Waals surface area contributed by atoms with Crippen LogP contribution in [-0.4, -0.2) is 45.8 Å². The van der Waals surface area contributed by atoms with Crippen LogP contribution in [0.1, 0.15) is 65.0 Å². The van der Waals surface area contributed by atoms with Gasteiger partial charge < -0.3 is 24.0 Å². The Morgan fingerprint density at radius 2 is 2.00 bits per heavy atom. The lowest BCUT2D eigenvalue weighted by Gasteiger charge is -2.52. The van der Waals surface area contributed by atoms with Gasteiger partial charge in [-0.3, -0.25) is 0 Å². The normalized spacial score (nSPS) is 18.0. The maximum Gasteiger partial charge on any atom is 0.346 e. The van der Waals surface area contributed by atoms with Gasteiger partial charge in [0, 0.05) is 48.5 Å². The fourth-order valence-electron chi connectivity index (χ4n) is 6.64. The van der Waals surface area contributed by atoms with Crippen molar-refractivity contribution < 1.29 is 19.4 Å². The Morgan fingerprint density at radius 3 is 2.70 bits per heavy atom. The monoisotopic (exact) mass is 609 g/mol. The molecule has 9 nitrogen and oxygen atoms in total. The lowest BCUT2D eigenvalue weighted by Crippen LogP contribution is -2.57. The number of ether oxygens (including phenoxy) is 2. The topological polar surface area (TPSA) is 113 Å². The Bertz CT molecular complexity index is 1820. The lowest BCUT2D eigenvalue weighted by molar-refractivity contribution is 0.0702. The molecule has 1 saturated carbocycles. The molecule has 1 aliphatic heterocycles. The maximum absolute atomic E-state index is 11.6. The Morgan fingerprint density at radius 1 is 1.16 bits per heavy atom. The number of nitriles is 1. The average Bonchev–Trinajstić information content (AvgIpc) is 3.50. The number of imidazole rings is 1. The van der Waals surface area contributed by atoms with Gasteiger partial charge in [0.1, 0.15) is 22.1 Å². The van der Waals surface area contributed by atoms with Crippen molar-refractivity contribution in [2.75, 3.05) is 25.1 Å². The summed E-state index contributed by atoms with van der Waals surface area (Å²) >= 11 is 1.23. The second-order valence-electron chi connectivity index (χ2n) is 12.7. The number of carboxylic acids is 1. The number of hydrogen-bond donors (Lipinski definition) is 1. The van der Waals surface area contributed by atoms with E-state index >= 15 is 0 Å². The van der Waals surface area contributed by atoms with Gasteiger partial charge in [-0.1, -0.05) is 24.3 Å². The van der Waals surface area contributed by atoms with Crippen LogP contribution in [0.15, 0.2) is 48.5 Å². The van der Waals surface area contributed by atoms with Crippen molar-refractivity contribution in [1.82, 2.24) is 14.5 Å².